The average molecular weight is 335 g/mol. The highest BCUT2D eigenvalue weighted by Gasteiger charge is 2.17. The third-order valence-corrected chi connectivity index (χ3v) is 3.34. The van der Waals surface area contributed by atoms with E-state index in [4.69, 9.17) is 4.74 Å². The number of hydrogen-bond acceptors (Lipinski definition) is 4. The molecule has 0 aliphatic carbocycles. The summed E-state index contributed by atoms with van der Waals surface area (Å²) >= 11 is 0. The van der Waals surface area contributed by atoms with Crippen LogP contribution in [0.1, 0.15) is 33.3 Å². The van der Waals surface area contributed by atoms with Crippen LogP contribution in [0.25, 0.3) is 0 Å². The fourth-order valence-corrected chi connectivity index (χ4v) is 2.14. The Morgan fingerprint density at radius 2 is 1.67 bits per heavy atom. The normalized spacial score (nSPS) is 11.2. The zero-order chi connectivity index (χ0) is 18.2. The Hall–Kier alpha value is -2.08. The molecule has 0 saturated heterocycles. The molecular formula is C18H29N3O3. The topological polar surface area (TPSA) is 70.7 Å². The van der Waals surface area contributed by atoms with Gasteiger partial charge in [-0.15, -0.1) is 0 Å². The minimum atomic E-state index is -0.271. The highest BCUT2D eigenvalue weighted by molar-refractivity contribution is 5.81. The van der Waals surface area contributed by atoms with Gasteiger partial charge in [0.05, 0.1) is 20.2 Å². The van der Waals surface area contributed by atoms with E-state index in [-0.39, 0.29) is 30.4 Å². The molecular weight excluding hydrogens is 306 g/mol. The van der Waals surface area contributed by atoms with Crippen molar-refractivity contribution in [1.29, 1.82) is 0 Å². The lowest BCUT2D eigenvalue weighted by atomic mass is 10.1. The van der Waals surface area contributed by atoms with Gasteiger partial charge in [0.1, 0.15) is 5.75 Å². The third kappa shape index (κ3) is 7.97. The minimum Gasteiger partial charge on any atom is -0.497 e. The van der Waals surface area contributed by atoms with E-state index in [9.17, 15) is 9.59 Å². The molecule has 0 aliphatic rings. The highest BCUT2D eigenvalue weighted by Crippen LogP contribution is 2.10. The molecule has 1 rings (SSSR count). The largest absolute Gasteiger partial charge is 0.497 e. The van der Waals surface area contributed by atoms with Gasteiger partial charge in [0.2, 0.25) is 11.8 Å². The monoisotopic (exact) mass is 335 g/mol. The lowest BCUT2D eigenvalue weighted by Crippen LogP contribution is -2.47. The number of carbonyl (C=O) groups excluding carboxylic acids is 2. The molecule has 0 spiro atoms. The maximum Gasteiger partial charge on any atom is 0.234 e. The van der Waals surface area contributed by atoms with Crippen LogP contribution in [0, 0.1) is 0 Å². The van der Waals surface area contributed by atoms with E-state index in [1.54, 1.807) is 7.11 Å². The van der Waals surface area contributed by atoms with Crippen molar-refractivity contribution < 1.29 is 14.3 Å². The third-order valence-electron chi connectivity index (χ3n) is 3.34. The van der Waals surface area contributed by atoms with Crippen LogP contribution in [0.2, 0.25) is 0 Å². The molecule has 2 N–H and O–H groups in total. The van der Waals surface area contributed by atoms with Crippen molar-refractivity contribution in [1.82, 2.24) is 15.5 Å². The number of nitrogens with zero attached hydrogens (tertiary/aromatic N) is 1. The van der Waals surface area contributed by atoms with Crippen LogP contribution in [0.5, 0.6) is 5.75 Å². The number of nitrogens with one attached hydrogen (secondary N) is 2. The van der Waals surface area contributed by atoms with Gasteiger partial charge in [-0.1, -0.05) is 19.1 Å². The summed E-state index contributed by atoms with van der Waals surface area (Å²) in [6, 6.07) is 7.54. The Labute approximate surface area is 144 Å². The summed E-state index contributed by atoms with van der Waals surface area (Å²) in [5.41, 5.74) is 0.727. The van der Waals surface area contributed by atoms with E-state index in [0.29, 0.717) is 13.1 Å². The molecule has 0 unspecified atom stereocenters. The highest BCUT2D eigenvalue weighted by atomic mass is 16.5. The zero-order valence-electron chi connectivity index (χ0n) is 15.3. The van der Waals surface area contributed by atoms with Crippen LogP contribution in [-0.4, -0.2) is 49.0 Å². The molecule has 0 atom stereocenters. The van der Waals surface area contributed by atoms with E-state index in [1.807, 2.05) is 56.9 Å². The molecule has 0 saturated carbocycles. The number of benzene rings is 1. The number of likely N-dealkylation sites (N-methyl/N-ethyl adjacent to an activating group) is 1. The van der Waals surface area contributed by atoms with Crippen LogP contribution in [0.15, 0.2) is 24.3 Å². The predicted molar refractivity (Wildman–Crippen MR) is 94.9 cm³/mol. The molecule has 0 fully saturated rings. The Morgan fingerprint density at radius 1 is 1.08 bits per heavy atom. The fraction of sp³-hybridized carbons (Fsp3) is 0.556. The van der Waals surface area contributed by atoms with Gasteiger partial charge in [-0.2, -0.15) is 0 Å². The summed E-state index contributed by atoms with van der Waals surface area (Å²) in [6.07, 6.45) is 0. The van der Waals surface area contributed by atoms with Gasteiger partial charge in [0.25, 0.3) is 0 Å². The summed E-state index contributed by atoms with van der Waals surface area (Å²) in [4.78, 5) is 25.8. The van der Waals surface area contributed by atoms with Crippen LogP contribution in [0.3, 0.4) is 0 Å². The first kappa shape index (κ1) is 20.0. The molecule has 0 heterocycles. The van der Waals surface area contributed by atoms with Gasteiger partial charge in [-0.3, -0.25) is 14.5 Å². The Balaban J connectivity index is 2.41. The van der Waals surface area contributed by atoms with E-state index in [1.165, 1.54) is 0 Å². The average Bonchev–Trinajstić information content (AvgIpc) is 2.51. The van der Waals surface area contributed by atoms with Crippen molar-refractivity contribution in [3.05, 3.63) is 29.8 Å². The second-order valence-electron chi connectivity index (χ2n) is 6.73. The van der Waals surface area contributed by atoms with Crippen molar-refractivity contribution in [3.8, 4) is 5.75 Å². The van der Waals surface area contributed by atoms with Crippen LogP contribution >= 0.6 is 0 Å². The lowest BCUT2D eigenvalue weighted by Gasteiger charge is -2.24. The standard InChI is InChI=1S/C18H29N3O3/c1-6-21(13-17(23)20-18(2,3)4)12-16(22)19-11-14-7-9-15(24-5)10-8-14/h7-10H,6,11-13H2,1-5H3,(H,19,22)(H,20,23). The first-order valence-electron chi connectivity index (χ1n) is 8.16. The number of rotatable bonds is 8. The summed E-state index contributed by atoms with van der Waals surface area (Å²) in [5, 5.41) is 5.77. The van der Waals surface area contributed by atoms with Gasteiger partial charge >= 0.3 is 0 Å². The maximum absolute atomic E-state index is 12.1. The molecule has 0 aromatic heterocycles. The minimum absolute atomic E-state index is 0.0766. The molecule has 1 aromatic rings. The Bertz CT molecular complexity index is 535. The first-order valence-corrected chi connectivity index (χ1v) is 8.16. The molecule has 0 radical (unpaired) electrons. The van der Waals surface area contributed by atoms with Gasteiger partial charge in [0.15, 0.2) is 0 Å². The molecule has 6 heteroatoms. The van der Waals surface area contributed by atoms with Crippen molar-refractivity contribution in [2.24, 2.45) is 0 Å². The number of carbonyl (C=O) groups is 2. The predicted octanol–water partition coefficient (Wildman–Crippen LogP) is 1.55. The van der Waals surface area contributed by atoms with Gasteiger partial charge < -0.3 is 15.4 Å². The molecule has 0 aliphatic heterocycles. The van der Waals surface area contributed by atoms with Crippen molar-refractivity contribution >= 4 is 11.8 Å². The van der Waals surface area contributed by atoms with Gasteiger partial charge in [-0.05, 0) is 45.0 Å². The molecule has 24 heavy (non-hydrogen) atoms. The quantitative estimate of drug-likeness (QED) is 0.756. The number of ether oxygens (including phenoxy) is 1. The van der Waals surface area contributed by atoms with Crippen LogP contribution in [0.4, 0.5) is 0 Å². The smallest absolute Gasteiger partial charge is 0.234 e. The summed E-state index contributed by atoms with van der Waals surface area (Å²) in [5.74, 6) is 0.607. The first-order chi connectivity index (χ1) is 11.2. The van der Waals surface area contributed by atoms with E-state index in [0.717, 1.165) is 11.3 Å². The fourth-order valence-electron chi connectivity index (χ4n) is 2.14. The van der Waals surface area contributed by atoms with Gasteiger partial charge in [-0.25, -0.2) is 0 Å². The number of hydrogen-bond donors (Lipinski definition) is 2. The molecule has 1 aromatic carbocycles. The second kappa shape index (κ2) is 9.27. The maximum atomic E-state index is 12.1. The van der Waals surface area contributed by atoms with Crippen molar-refractivity contribution in [2.75, 3.05) is 26.7 Å². The SMILES string of the molecule is CCN(CC(=O)NCc1ccc(OC)cc1)CC(=O)NC(C)(C)C. The van der Waals surface area contributed by atoms with E-state index >= 15 is 0 Å². The summed E-state index contributed by atoms with van der Waals surface area (Å²) < 4.78 is 5.10. The zero-order valence-corrected chi connectivity index (χ0v) is 15.3. The molecule has 0 bridgehead atoms. The van der Waals surface area contributed by atoms with Crippen LogP contribution in [-0.2, 0) is 16.1 Å². The van der Waals surface area contributed by atoms with E-state index in [2.05, 4.69) is 10.6 Å². The Kier molecular flexibility index (Phi) is 7.71. The number of amides is 2. The van der Waals surface area contributed by atoms with Gasteiger partial charge in [0, 0.05) is 12.1 Å². The molecule has 134 valence electrons. The molecule has 2 amide bonds. The summed E-state index contributed by atoms with van der Waals surface area (Å²) in [7, 11) is 1.62. The van der Waals surface area contributed by atoms with E-state index < -0.39 is 0 Å². The van der Waals surface area contributed by atoms with Crippen LogP contribution < -0.4 is 15.4 Å². The Morgan fingerprint density at radius 3 is 2.17 bits per heavy atom. The summed E-state index contributed by atoms with van der Waals surface area (Å²) in [6.45, 7) is 9.23. The van der Waals surface area contributed by atoms with Crippen molar-refractivity contribution in [2.45, 2.75) is 39.8 Å². The lowest BCUT2D eigenvalue weighted by molar-refractivity contribution is -0.125. The number of methoxy groups -OCH3 is 1. The second-order valence-corrected chi connectivity index (χ2v) is 6.73. The van der Waals surface area contributed by atoms with Crippen molar-refractivity contribution in [3.63, 3.8) is 0 Å². The molecule has 6 nitrogen and oxygen atoms in total.